The smallest absolute Gasteiger partial charge is 0.258 e. The average Bonchev–Trinajstić information content (AvgIpc) is 2.75. The van der Waals surface area contributed by atoms with E-state index in [1.807, 2.05) is 18.2 Å². The van der Waals surface area contributed by atoms with E-state index in [-0.39, 0.29) is 11.5 Å². The Morgan fingerprint density at radius 2 is 2.00 bits per heavy atom. The van der Waals surface area contributed by atoms with Gasteiger partial charge in [0.2, 0.25) is 5.91 Å². The number of nitrogens with one attached hydrogen (secondary N) is 2. The van der Waals surface area contributed by atoms with Crippen LogP contribution in [-0.2, 0) is 11.2 Å². The van der Waals surface area contributed by atoms with Crippen LogP contribution in [0.15, 0.2) is 47.3 Å². The third-order valence-corrected chi connectivity index (χ3v) is 4.70. The molecule has 0 fully saturated rings. The summed E-state index contributed by atoms with van der Waals surface area (Å²) in [6.45, 7) is 2.68. The molecule has 0 saturated carbocycles. The van der Waals surface area contributed by atoms with Gasteiger partial charge in [-0.3, -0.25) is 9.59 Å². The minimum absolute atomic E-state index is 0.133. The Morgan fingerprint density at radius 1 is 1.17 bits per heavy atom. The first-order valence-corrected chi connectivity index (χ1v) is 10.2. The molecule has 1 aromatic heterocycles. The zero-order valence-electron chi connectivity index (χ0n) is 17.4. The Kier molecular flexibility index (Phi) is 7.43. The van der Waals surface area contributed by atoms with Crippen molar-refractivity contribution in [2.24, 2.45) is 0 Å². The monoisotopic (exact) mass is 409 g/mol. The summed E-state index contributed by atoms with van der Waals surface area (Å²) in [5.41, 5.74) is 1.09. The van der Waals surface area contributed by atoms with Crippen molar-refractivity contribution in [1.82, 2.24) is 9.97 Å². The van der Waals surface area contributed by atoms with Crippen LogP contribution >= 0.6 is 0 Å². The van der Waals surface area contributed by atoms with Crippen molar-refractivity contribution in [3.8, 4) is 11.5 Å². The minimum atomic E-state index is -0.162. The number of benzene rings is 2. The molecular weight excluding hydrogens is 382 g/mol. The van der Waals surface area contributed by atoms with Gasteiger partial charge in [0.15, 0.2) is 0 Å². The maximum absolute atomic E-state index is 12.5. The molecule has 1 heterocycles. The van der Waals surface area contributed by atoms with Crippen LogP contribution in [0.1, 0.15) is 38.4 Å². The van der Waals surface area contributed by atoms with E-state index in [1.165, 1.54) is 0 Å². The Morgan fingerprint density at radius 3 is 2.80 bits per heavy atom. The molecule has 0 aliphatic rings. The number of carbonyl (C=O) groups is 1. The van der Waals surface area contributed by atoms with Gasteiger partial charge in [-0.1, -0.05) is 25.5 Å². The van der Waals surface area contributed by atoms with Gasteiger partial charge in [-0.05, 0) is 37.1 Å². The second-order valence-corrected chi connectivity index (χ2v) is 7.00. The topological polar surface area (TPSA) is 93.3 Å². The summed E-state index contributed by atoms with van der Waals surface area (Å²) >= 11 is 0. The summed E-state index contributed by atoms with van der Waals surface area (Å²) in [5.74, 6) is 1.72. The van der Waals surface area contributed by atoms with Crippen molar-refractivity contribution in [3.63, 3.8) is 0 Å². The number of carbonyl (C=O) groups excluding carboxylic acids is 1. The zero-order valence-corrected chi connectivity index (χ0v) is 17.4. The van der Waals surface area contributed by atoms with Gasteiger partial charge >= 0.3 is 0 Å². The molecule has 3 rings (SSSR count). The molecule has 7 heteroatoms. The van der Waals surface area contributed by atoms with E-state index in [4.69, 9.17) is 9.47 Å². The molecule has 0 spiro atoms. The van der Waals surface area contributed by atoms with Gasteiger partial charge in [-0.2, -0.15) is 0 Å². The van der Waals surface area contributed by atoms with Crippen LogP contribution in [0.4, 0.5) is 5.69 Å². The molecule has 30 heavy (non-hydrogen) atoms. The predicted molar refractivity (Wildman–Crippen MR) is 117 cm³/mol. The van der Waals surface area contributed by atoms with Crippen LogP contribution in [0, 0.1) is 0 Å². The number of anilines is 1. The fraction of sp³-hybridized carbons (Fsp3) is 0.348. The number of rotatable bonds is 10. The minimum Gasteiger partial charge on any atom is -0.497 e. The molecule has 0 bridgehead atoms. The summed E-state index contributed by atoms with van der Waals surface area (Å²) in [7, 11) is 1.58. The first-order chi connectivity index (χ1) is 14.6. The summed E-state index contributed by atoms with van der Waals surface area (Å²) in [4.78, 5) is 31.9. The first-order valence-electron chi connectivity index (χ1n) is 10.2. The molecule has 7 nitrogen and oxygen atoms in total. The highest BCUT2D eigenvalue weighted by atomic mass is 16.5. The third kappa shape index (κ3) is 5.59. The average molecular weight is 409 g/mol. The SMILES string of the molecule is CCCCOc1ccc(OC)cc1NC(=O)CCCc1nc2ccccc2c(=O)[nH]1. The predicted octanol–water partition coefficient (Wildman–Crippen LogP) is 4.07. The summed E-state index contributed by atoms with van der Waals surface area (Å²) < 4.78 is 11.0. The van der Waals surface area contributed by atoms with Gasteiger partial charge in [-0.15, -0.1) is 0 Å². The number of methoxy groups -OCH3 is 1. The van der Waals surface area contributed by atoms with Crippen molar-refractivity contribution >= 4 is 22.5 Å². The number of aryl methyl sites for hydroxylation is 1. The summed E-state index contributed by atoms with van der Waals surface area (Å²) in [6, 6.07) is 12.6. The molecule has 1 amide bonds. The normalized spacial score (nSPS) is 10.7. The Hall–Kier alpha value is -3.35. The molecule has 158 valence electrons. The lowest BCUT2D eigenvalue weighted by molar-refractivity contribution is -0.116. The Bertz CT molecular complexity index is 1060. The van der Waals surface area contributed by atoms with Crippen LogP contribution in [0.5, 0.6) is 11.5 Å². The molecule has 0 aliphatic carbocycles. The number of amides is 1. The number of para-hydroxylation sites is 1. The third-order valence-electron chi connectivity index (χ3n) is 4.70. The first kappa shape index (κ1) is 21.4. The van der Waals surface area contributed by atoms with Gasteiger partial charge in [0.05, 0.1) is 30.3 Å². The molecule has 0 atom stereocenters. The van der Waals surface area contributed by atoms with E-state index in [0.29, 0.717) is 59.8 Å². The van der Waals surface area contributed by atoms with Gasteiger partial charge in [0, 0.05) is 18.9 Å². The molecular formula is C23H27N3O4. The molecule has 0 unspecified atom stereocenters. The zero-order chi connectivity index (χ0) is 21.3. The second kappa shape index (κ2) is 10.4. The summed E-state index contributed by atoms with van der Waals surface area (Å²) in [6.07, 6.45) is 3.33. The van der Waals surface area contributed by atoms with Gasteiger partial charge in [0.1, 0.15) is 17.3 Å². The van der Waals surface area contributed by atoms with Crippen molar-refractivity contribution in [2.45, 2.75) is 39.0 Å². The van der Waals surface area contributed by atoms with E-state index in [9.17, 15) is 9.59 Å². The highest BCUT2D eigenvalue weighted by Crippen LogP contribution is 2.29. The van der Waals surface area contributed by atoms with Gasteiger partial charge in [-0.25, -0.2) is 4.98 Å². The van der Waals surface area contributed by atoms with E-state index in [1.54, 1.807) is 31.4 Å². The van der Waals surface area contributed by atoms with Gasteiger partial charge < -0.3 is 19.8 Å². The van der Waals surface area contributed by atoms with E-state index in [2.05, 4.69) is 22.2 Å². The molecule has 0 radical (unpaired) electrons. The maximum Gasteiger partial charge on any atom is 0.258 e. The van der Waals surface area contributed by atoms with Crippen LogP contribution in [-0.4, -0.2) is 29.6 Å². The lowest BCUT2D eigenvalue weighted by Gasteiger charge is -2.14. The Balaban J connectivity index is 1.60. The maximum atomic E-state index is 12.5. The van der Waals surface area contributed by atoms with Crippen molar-refractivity contribution in [3.05, 3.63) is 58.6 Å². The van der Waals surface area contributed by atoms with Crippen molar-refractivity contribution in [1.29, 1.82) is 0 Å². The molecule has 3 aromatic rings. The lowest BCUT2D eigenvalue weighted by Crippen LogP contribution is -2.15. The van der Waals surface area contributed by atoms with Crippen LogP contribution in [0.2, 0.25) is 0 Å². The number of unbranched alkanes of at least 4 members (excludes halogenated alkanes) is 1. The van der Waals surface area contributed by atoms with Gasteiger partial charge in [0.25, 0.3) is 5.56 Å². The molecule has 2 N–H and O–H groups in total. The number of fused-ring (bicyclic) bond motifs is 1. The number of nitrogens with zero attached hydrogens (tertiary/aromatic N) is 1. The van der Waals surface area contributed by atoms with E-state index < -0.39 is 0 Å². The Labute approximate surface area is 175 Å². The molecule has 0 aliphatic heterocycles. The molecule has 2 aromatic carbocycles. The van der Waals surface area contributed by atoms with E-state index >= 15 is 0 Å². The number of aromatic nitrogens is 2. The lowest BCUT2D eigenvalue weighted by atomic mass is 10.2. The summed E-state index contributed by atoms with van der Waals surface area (Å²) in [5, 5.41) is 3.47. The standard InChI is InChI=1S/C23H27N3O4/c1-3-4-14-30-20-13-12-16(29-2)15-19(20)25-22(27)11-7-10-21-24-18-9-6-5-8-17(18)23(28)26-21/h5-6,8-9,12-13,15H,3-4,7,10-11,14H2,1-2H3,(H,25,27)(H,24,26,28). The fourth-order valence-corrected chi connectivity index (χ4v) is 3.07. The highest BCUT2D eigenvalue weighted by molar-refractivity contribution is 5.92. The second-order valence-electron chi connectivity index (χ2n) is 7.00. The van der Waals surface area contributed by atoms with Crippen LogP contribution < -0.4 is 20.3 Å². The number of hydrogen-bond acceptors (Lipinski definition) is 5. The quantitative estimate of drug-likeness (QED) is 0.492. The number of hydrogen-bond donors (Lipinski definition) is 2. The van der Waals surface area contributed by atoms with Crippen LogP contribution in [0.3, 0.4) is 0 Å². The highest BCUT2D eigenvalue weighted by Gasteiger charge is 2.11. The number of ether oxygens (including phenoxy) is 2. The fourth-order valence-electron chi connectivity index (χ4n) is 3.07. The van der Waals surface area contributed by atoms with Crippen LogP contribution in [0.25, 0.3) is 10.9 Å². The number of H-pyrrole nitrogens is 1. The molecule has 0 saturated heterocycles. The largest absolute Gasteiger partial charge is 0.497 e. The van der Waals surface area contributed by atoms with Crippen molar-refractivity contribution in [2.75, 3.05) is 19.0 Å². The van der Waals surface area contributed by atoms with E-state index in [0.717, 1.165) is 12.8 Å². The number of aromatic amines is 1. The van der Waals surface area contributed by atoms with Crippen molar-refractivity contribution < 1.29 is 14.3 Å².